The average molecular weight is 347 g/mol. The maximum atomic E-state index is 12.3. The summed E-state index contributed by atoms with van der Waals surface area (Å²) in [4.78, 5) is 28.3. The highest BCUT2D eigenvalue weighted by molar-refractivity contribution is 6.05. The minimum Gasteiger partial charge on any atom is -0.431 e. The molecular formula is C18H13N5O3. The highest BCUT2D eigenvalue weighted by atomic mass is 16.4. The van der Waals surface area contributed by atoms with Gasteiger partial charge in [-0.15, -0.1) is 0 Å². The zero-order valence-corrected chi connectivity index (χ0v) is 13.4. The Kier molecular flexibility index (Phi) is 3.91. The summed E-state index contributed by atoms with van der Waals surface area (Å²) < 4.78 is 5.15. The van der Waals surface area contributed by atoms with Crippen molar-refractivity contribution < 1.29 is 14.0 Å². The van der Waals surface area contributed by atoms with Crippen LogP contribution < -0.4 is 10.6 Å². The zero-order valence-electron chi connectivity index (χ0n) is 13.4. The van der Waals surface area contributed by atoms with Gasteiger partial charge in [-0.05, 0) is 30.3 Å². The van der Waals surface area contributed by atoms with Crippen LogP contribution in [0.25, 0.3) is 10.9 Å². The van der Waals surface area contributed by atoms with Gasteiger partial charge in [0.1, 0.15) is 6.26 Å². The molecule has 2 amide bonds. The number of rotatable bonds is 4. The molecule has 26 heavy (non-hydrogen) atoms. The Morgan fingerprint density at radius 2 is 1.85 bits per heavy atom. The molecule has 0 aliphatic carbocycles. The topological polar surface area (TPSA) is 113 Å². The average Bonchev–Trinajstić information content (AvgIpc) is 3.31. The summed E-state index contributed by atoms with van der Waals surface area (Å²) >= 11 is 0. The number of H-pyrrole nitrogens is 1. The first-order chi connectivity index (χ1) is 12.7. The minimum absolute atomic E-state index is 0.0481. The van der Waals surface area contributed by atoms with Gasteiger partial charge >= 0.3 is 6.01 Å². The van der Waals surface area contributed by atoms with Crippen LogP contribution in [0.15, 0.2) is 65.4 Å². The molecule has 0 fully saturated rings. The molecule has 8 heteroatoms. The number of aromatic amines is 1. The van der Waals surface area contributed by atoms with E-state index in [2.05, 4.69) is 25.8 Å². The third-order valence-corrected chi connectivity index (χ3v) is 3.69. The molecule has 2 aromatic heterocycles. The number of nitrogens with zero attached hydrogens (tertiary/aromatic N) is 2. The Labute approximate surface area is 147 Å². The second kappa shape index (κ2) is 6.52. The van der Waals surface area contributed by atoms with Gasteiger partial charge < -0.3 is 9.73 Å². The van der Waals surface area contributed by atoms with Crippen molar-refractivity contribution in [3.63, 3.8) is 0 Å². The number of nitrogens with one attached hydrogen (secondary N) is 3. The first-order valence-electron chi connectivity index (χ1n) is 7.75. The molecule has 0 bridgehead atoms. The van der Waals surface area contributed by atoms with Crippen LogP contribution in [0.4, 0.5) is 11.7 Å². The highest BCUT2D eigenvalue weighted by Gasteiger charge is 2.15. The van der Waals surface area contributed by atoms with Gasteiger partial charge in [-0.2, -0.15) is 10.1 Å². The van der Waals surface area contributed by atoms with E-state index in [1.54, 1.807) is 42.6 Å². The van der Waals surface area contributed by atoms with Crippen molar-refractivity contribution >= 4 is 34.4 Å². The number of carbonyl (C=O) groups excluding carboxylic acids is 2. The Morgan fingerprint density at radius 1 is 1.00 bits per heavy atom. The Morgan fingerprint density at radius 3 is 2.69 bits per heavy atom. The lowest BCUT2D eigenvalue weighted by atomic mass is 10.2. The number of benzene rings is 2. The van der Waals surface area contributed by atoms with Crippen molar-refractivity contribution in [2.75, 3.05) is 10.6 Å². The zero-order chi connectivity index (χ0) is 17.9. The van der Waals surface area contributed by atoms with Gasteiger partial charge in [0.05, 0.1) is 11.7 Å². The number of fused-ring (bicyclic) bond motifs is 1. The molecule has 8 nitrogen and oxygen atoms in total. The summed E-state index contributed by atoms with van der Waals surface area (Å²) in [6.07, 6.45) is 2.88. The van der Waals surface area contributed by atoms with Crippen LogP contribution in [-0.4, -0.2) is 27.0 Å². The van der Waals surface area contributed by atoms with Crippen molar-refractivity contribution in [1.29, 1.82) is 0 Å². The minimum atomic E-state index is -0.451. The molecule has 4 rings (SSSR count). The molecule has 3 N–H and O–H groups in total. The molecule has 128 valence electrons. The number of hydrogen-bond donors (Lipinski definition) is 3. The fraction of sp³-hybridized carbons (Fsp3) is 0. The van der Waals surface area contributed by atoms with Crippen LogP contribution >= 0.6 is 0 Å². The molecule has 2 aromatic carbocycles. The van der Waals surface area contributed by atoms with E-state index in [1.165, 1.54) is 6.26 Å². The monoisotopic (exact) mass is 347 g/mol. The summed E-state index contributed by atoms with van der Waals surface area (Å²) in [6, 6.07) is 13.9. The molecule has 0 aliphatic heterocycles. The lowest BCUT2D eigenvalue weighted by Crippen LogP contribution is -2.14. The second-order valence-electron chi connectivity index (χ2n) is 5.48. The van der Waals surface area contributed by atoms with Crippen molar-refractivity contribution in [3.05, 3.63) is 72.2 Å². The fourth-order valence-electron chi connectivity index (χ4n) is 2.40. The lowest BCUT2D eigenvalue weighted by Gasteiger charge is -2.02. The summed E-state index contributed by atoms with van der Waals surface area (Å²) in [5.74, 6) is -0.822. The van der Waals surface area contributed by atoms with E-state index in [1.807, 2.05) is 12.1 Å². The Balaban J connectivity index is 1.45. The molecule has 0 saturated heterocycles. The normalized spacial score (nSPS) is 10.6. The van der Waals surface area contributed by atoms with Gasteiger partial charge in [-0.3, -0.25) is 20.0 Å². The lowest BCUT2D eigenvalue weighted by molar-refractivity contribution is 0.101. The third-order valence-electron chi connectivity index (χ3n) is 3.69. The summed E-state index contributed by atoms with van der Waals surface area (Å²) in [6.45, 7) is 0. The predicted octanol–water partition coefficient (Wildman–Crippen LogP) is 3.06. The SMILES string of the molecule is O=C(Nc1nc(C(=O)Nc2ccc3cn[nH]c3c2)co1)c1ccccc1. The molecule has 4 aromatic rings. The maximum absolute atomic E-state index is 12.3. The summed E-state index contributed by atoms with van der Waals surface area (Å²) in [5, 5.41) is 12.9. The van der Waals surface area contributed by atoms with Gasteiger partial charge in [-0.1, -0.05) is 18.2 Å². The maximum Gasteiger partial charge on any atom is 0.302 e. The third kappa shape index (κ3) is 3.16. The van der Waals surface area contributed by atoms with E-state index in [0.717, 1.165) is 10.9 Å². The van der Waals surface area contributed by atoms with Crippen molar-refractivity contribution in [1.82, 2.24) is 15.2 Å². The number of aromatic nitrogens is 3. The summed E-state index contributed by atoms with van der Waals surface area (Å²) in [5.41, 5.74) is 1.91. The van der Waals surface area contributed by atoms with E-state index < -0.39 is 5.91 Å². The van der Waals surface area contributed by atoms with E-state index in [-0.39, 0.29) is 17.6 Å². The number of anilines is 2. The van der Waals surface area contributed by atoms with Crippen molar-refractivity contribution in [3.8, 4) is 0 Å². The molecule has 0 aliphatic rings. The van der Waals surface area contributed by atoms with Gasteiger partial charge in [0.2, 0.25) is 0 Å². The molecule has 0 unspecified atom stereocenters. The molecule has 0 spiro atoms. The van der Waals surface area contributed by atoms with Crippen molar-refractivity contribution in [2.24, 2.45) is 0 Å². The van der Waals surface area contributed by atoms with Gasteiger partial charge in [0, 0.05) is 16.6 Å². The number of oxazole rings is 1. The smallest absolute Gasteiger partial charge is 0.302 e. The Bertz CT molecular complexity index is 1080. The van der Waals surface area contributed by atoms with Crippen molar-refractivity contribution in [2.45, 2.75) is 0 Å². The van der Waals surface area contributed by atoms with Crippen LogP contribution in [0.1, 0.15) is 20.8 Å². The van der Waals surface area contributed by atoms with Crippen LogP contribution in [0.2, 0.25) is 0 Å². The van der Waals surface area contributed by atoms with Gasteiger partial charge in [0.15, 0.2) is 5.69 Å². The van der Waals surface area contributed by atoms with Crippen LogP contribution in [-0.2, 0) is 0 Å². The van der Waals surface area contributed by atoms with E-state index >= 15 is 0 Å². The van der Waals surface area contributed by atoms with E-state index in [9.17, 15) is 9.59 Å². The van der Waals surface area contributed by atoms with E-state index in [0.29, 0.717) is 11.3 Å². The molecule has 2 heterocycles. The van der Waals surface area contributed by atoms with E-state index in [4.69, 9.17) is 4.42 Å². The van der Waals surface area contributed by atoms with Crippen LogP contribution in [0.3, 0.4) is 0 Å². The standard InChI is InChI=1S/C18H13N5O3/c24-16(11-4-2-1-3-5-11)22-18-21-15(10-26-18)17(25)20-13-7-6-12-9-19-23-14(12)8-13/h1-10H,(H,19,23)(H,20,25)(H,21,22,24). The first kappa shape index (κ1) is 15.6. The molecule has 0 radical (unpaired) electrons. The predicted molar refractivity (Wildman–Crippen MR) is 94.9 cm³/mol. The van der Waals surface area contributed by atoms with Crippen LogP contribution in [0, 0.1) is 0 Å². The Hall–Kier alpha value is -3.94. The second-order valence-corrected chi connectivity index (χ2v) is 5.48. The van der Waals surface area contributed by atoms with Crippen LogP contribution in [0.5, 0.6) is 0 Å². The molecular weight excluding hydrogens is 334 g/mol. The molecule has 0 saturated carbocycles. The molecule has 0 atom stereocenters. The fourth-order valence-corrected chi connectivity index (χ4v) is 2.40. The first-order valence-corrected chi connectivity index (χ1v) is 7.75. The summed E-state index contributed by atoms with van der Waals surface area (Å²) in [7, 11) is 0. The quantitative estimate of drug-likeness (QED) is 0.525. The highest BCUT2D eigenvalue weighted by Crippen LogP contribution is 2.18. The number of hydrogen-bond acceptors (Lipinski definition) is 5. The van der Waals surface area contributed by atoms with Gasteiger partial charge in [0.25, 0.3) is 11.8 Å². The van der Waals surface area contributed by atoms with Gasteiger partial charge in [-0.25, -0.2) is 0 Å². The largest absolute Gasteiger partial charge is 0.431 e. The number of amides is 2. The number of carbonyl (C=O) groups is 2.